The van der Waals surface area contributed by atoms with E-state index in [0.29, 0.717) is 0 Å². The van der Waals surface area contributed by atoms with Gasteiger partial charge in [-0.15, -0.1) is 0 Å². The van der Waals surface area contributed by atoms with Crippen LogP contribution in [0.3, 0.4) is 0 Å². The van der Waals surface area contributed by atoms with E-state index in [4.69, 9.17) is 4.74 Å². The Morgan fingerprint density at radius 1 is 0.900 bits per heavy atom. The normalized spacial score (nSPS) is 11.0. The molecule has 2 heterocycles. The standard InChI is InChI=1S/C24H17IN4O/c1-15-11-18(29-24-20-12-17(25)5-7-21(20)27-14-28-24)6-8-22(15)30-23-4-2-3-16-13-26-10-9-19(16)23/h2-14H,1H3,(H,27,28,29). The monoisotopic (exact) mass is 504 g/mol. The molecule has 0 fully saturated rings. The van der Waals surface area contributed by atoms with Crippen molar-refractivity contribution in [2.75, 3.05) is 5.32 Å². The first-order valence-corrected chi connectivity index (χ1v) is 10.5. The van der Waals surface area contributed by atoms with Crippen LogP contribution in [0.5, 0.6) is 11.5 Å². The van der Waals surface area contributed by atoms with Crippen molar-refractivity contribution in [3.05, 3.63) is 88.5 Å². The number of halogens is 1. The van der Waals surface area contributed by atoms with Crippen molar-refractivity contribution < 1.29 is 4.74 Å². The molecule has 0 atom stereocenters. The average Bonchev–Trinajstić information content (AvgIpc) is 2.76. The van der Waals surface area contributed by atoms with Crippen molar-refractivity contribution in [3.63, 3.8) is 0 Å². The number of hydrogen-bond acceptors (Lipinski definition) is 5. The molecule has 146 valence electrons. The molecule has 0 amide bonds. The van der Waals surface area contributed by atoms with E-state index in [1.54, 1.807) is 12.5 Å². The number of anilines is 2. The minimum Gasteiger partial charge on any atom is -0.456 e. The average molecular weight is 504 g/mol. The van der Waals surface area contributed by atoms with Crippen molar-refractivity contribution in [3.8, 4) is 11.5 Å². The van der Waals surface area contributed by atoms with Crippen molar-refractivity contribution in [1.29, 1.82) is 0 Å². The Balaban J connectivity index is 1.45. The summed E-state index contributed by atoms with van der Waals surface area (Å²) in [6.07, 6.45) is 5.20. The molecule has 0 saturated carbocycles. The topological polar surface area (TPSA) is 59.9 Å². The molecule has 0 bridgehead atoms. The zero-order valence-electron chi connectivity index (χ0n) is 16.1. The summed E-state index contributed by atoms with van der Waals surface area (Å²) in [5.74, 6) is 2.41. The van der Waals surface area contributed by atoms with Crippen molar-refractivity contribution >= 4 is 55.8 Å². The van der Waals surface area contributed by atoms with Gasteiger partial charge < -0.3 is 10.1 Å². The molecule has 2 aromatic heterocycles. The number of fused-ring (bicyclic) bond motifs is 2. The van der Waals surface area contributed by atoms with Crippen LogP contribution < -0.4 is 10.1 Å². The molecule has 5 nitrogen and oxygen atoms in total. The van der Waals surface area contributed by atoms with Crippen LogP contribution >= 0.6 is 22.6 Å². The maximum absolute atomic E-state index is 6.23. The van der Waals surface area contributed by atoms with E-state index in [2.05, 4.69) is 55.0 Å². The number of hydrogen-bond donors (Lipinski definition) is 1. The van der Waals surface area contributed by atoms with Crippen molar-refractivity contribution in [2.45, 2.75) is 6.92 Å². The van der Waals surface area contributed by atoms with Crippen LogP contribution in [0.25, 0.3) is 21.7 Å². The highest BCUT2D eigenvalue weighted by molar-refractivity contribution is 14.1. The molecule has 1 N–H and O–H groups in total. The summed E-state index contributed by atoms with van der Waals surface area (Å²) in [6, 6.07) is 20.1. The number of rotatable bonds is 4. The van der Waals surface area contributed by atoms with E-state index in [-0.39, 0.29) is 0 Å². The summed E-state index contributed by atoms with van der Waals surface area (Å²) in [7, 11) is 0. The highest BCUT2D eigenvalue weighted by atomic mass is 127. The number of aromatic nitrogens is 3. The zero-order chi connectivity index (χ0) is 20.5. The molecule has 6 heteroatoms. The molecule has 0 spiro atoms. The lowest BCUT2D eigenvalue weighted by molar-refractivity contribution is 0.484. The quantitative estimate of drug-likeness (QED) is 0.279. The largest absolute Gasteiger partial charge is 0.456 e. The fourth-order valence-electron chi connectivity index (χ4n) is 3.41. The van der Waals surface area contributed by atoms with E-state index < -0.39 is 0 Å². The van der Waals surface area contributed by atoms with Gasteiger partial charge in [-0.25, -0.2) is 9.97 Å². The molecule has 30 heavy (non-hydrogen) atoms. The molecular weight excluding hydrogens is 487 g/mol. The van der Waals surface area contributed by atoms with Gasteiger partial charge in [0.1, 0.15) is 23.6 Å². The van der Waals surface area contributed by atoms with Gasteiger partial charge in [0.15, 0.2) is 0 Å². The summed E-state index contributed by atoms with van der Waals surface area (Å²) < 4.78 is 7.37. The number of aryl methyl sites for hydroxylation is 1. The van der Waals surface area contributed by atoms with Crippen LogP contribution in [-0.2, 0) is 0 Å². The molecule has 5 rings (SSSR count). The smallest absolute Gasteiger partial charge is 0.141 e. The maximum atomic E-state index is 6.23. The Bertz CT molecular complexity index is 1380. The van der Waals surface area contributed by atoms with Gasteiger partial charge in [0.05, 0.1) is 5.52 Å². The van der Waals surface area contributed by atoms with Crippen LogP contribution in [0.15, 0.2) is 79.4 Å². The van der Waals surface area contributed by atoms with Gasteiger partial charge in [-0.2, -0.15) is 0 Å². The third-order valence-corrected chi connectivity index (χ3v) is 5.57. The predicted molar refractivity (Wildman–Crippen MR) is 129 cm³/mol. The Morgan fingerprint density at radius 2 is 1.83 bits per heavy atom. The first-order valence-electron chi connectivity index (χ1n) is 9.46. The number of ether oxygens (including phenoxy) is 1. The second kappa shape index (κ2) is 7.87. The Morgan fingerprint density at radius 3 is 2.73 bits per heavy atom. The van der Waals surface area contributed by atoms with Gasteiger partial charge in [0, 0.05) is 37.8 Å². The summed E-state index contributed by atoms with van der Waals surface area (Å²) >= 11 is 2.30. The van der Waals surface area contributed by atoms with E-state index in [9.17, 15) is 0 Å². The van der Waals surface area contributed by atoms with Gasteiger partial charge in [0.2, 0.25) is 0 Å². The first kappa shape index (κ1) is 18.7. The Kier molecular flexibility index (Phi) is 4.92. The predicted octanol–water partition coefficient (Wildman–Crippen LogP) is 6.63. The number of benzene rings is 3. The van der Waals surface area contributed by atoms with Crippen LogP contribution in [0.2, 0.25) is 0 Å². The second-order valence-corrected chi connectivity index (χ2v) is 8.19. The number of nitrogens with zero attached hydrogens (tertiary/aromatic N) is 3. The number of nitrogens with one attached hydrogen (secondary N) is 1. The summed E-state index contributed by atoms with van der Waals surface area (Å²) in [4.78, 5) is 13.0. The molecule has 0 aliphatic heterocycles. The minimum atomic E-state index is 0.785. The first-order chi connectivity index (χ1) is 14.7. The molecule has 0 aliphatic carbocycles. The van der Waals surface area contributed by atoms with Gasteiger partial charge in [-0.05, 0) is 83.6 Å². The highest BCUT2D eigenvalue weighted by Crippen LogP contribution is 2.33. The van der Waals surface area contributed by atoms with Crippen LogP contribution in [-0.4, -0.2) is 15.0 Å². The fourth-order valence-corrected chi connectivity index (χ4v) is 3.90. The van der Waals surface area contributed by atoms with Crippen LogP contribution in [0.1, 0.15) is 5.56 Å². The lowest BCUT2D eigenvalue weighted by Gasteiger charge is -2.13. The third-order valence-electron chi connectivity index (χ3n) is 4.90. The molecular formula is C24H17IN4O. The lowest BCUT2D eigenvalue weighted by atomic mass is 10.1. The van der Waals surface area contributed by atoms with Gasteiger partial charge in [-0.1, -0.05) is 12.1 Å². The molecule has 3 aromatic carbocycles. The Labute approximate surface area is 187 Å². The number of pyridine rings is 1. The third kappa shape index (κ3) is 3.66. The van der Waals surface area contributed by atoms with Gasteiger partial charge in [0.25, 0.3) is 0 Å². The minimum absolute atomic E-state index is 0.785. The summed E-state index contributed by atoms with van der Waals surface area (Å²) in [6.45, 7) is 2.04. The summed E-state index contributed by atoms with van der Waals surface area (Å²) in [5.41, 5.74) is 2.88. The molecule has 0 radical (unpaired) electrons. The zero-order valence-corrected chi connectivity index (χ0v) is 18.3. The fraction of sp³-hybridized carbons (Fsp3) is 0.0417. The van der Waals surface area contributed by atoms with E-state index in [1.807, 2.05) is 61.7 Å². The van der Waals surface area contributed by atoms with E-state index in [0.717, 1.165) is 53.8 Å². The van der Waals surface area contributed by atoms with Crippen molar-refractivity contribution in [2.24, 2.45) is 0 Å². The Hall–Kier alpha value is -3.26. The van der Waals surface area contributed by atoms with Crippen LogP contribution in [0.4, 0.5) is 11.5 Å². The van der Waals surface area contributed by atoms with Gasteiger partial charge >= 0.3 is 0 Å². The van der Waals surface area contributed by atoms with E-state index >= 15 is 0 Å². The molecule has 0 aliphatic rings. The molecule has 0 saturated heterocycles. The maximum Gasteiger partial charge on any atom is 0.141 e. The summed E-state index contributed by atoms with van der Waals surface area (Å²) in [5, 5.41) is 6.50. The second-order valence-electron chi connectivity index (χ2n) is 6.94. The molecule has 5 aromatic rings. The highest BCUT2D eigenvalue weighted by Gasteiger charge is 2.09. The van der Waals surface area contributed by atoms with Crippen molar-refractivity contribution in [1.82, 2.24) is 15.0 Å². The van der Waals surface area contributed by atoms with Gasteiger partial charge in [-0.3, -0.25) is 4.98 Å². The van der Waals surface area contributed by atoms with Crippen LogP contribution in [0, 0.1) is 10.5 Å². The molecule has 0 unspecified atom stereocenters. The lowest BCUT2D eigenvalue weighted by Crippen LogP contribution is -1.97. The SMILES string of the molecule is Cc1cc(Nc2ncnc3ccc(I)cc23)ccc1Oc1cccc2cnccc12. The van der Waals surface area contributed by atoms with E-state index in [1.165, 1.54) is 0 Å².